The Kier molecular flexibility index (Phi) is 7.14. The lowest BCUT2D eigenvalue weighted by atomic mass is 10.1. The highest BCUT2D eigenvalue weighted by Crippen LogP contribution is 2.15. The number of carbonyl (C=O) groups excluding carboxylic acids is 2. The van der Waals surface area contributed by atoms with Gasteiger partial charge in [0.15, 0.2) is 0 Å². The summed E-state index contributed by atoms with van der Waals surface area (Å²) in [4.78, 5) is 26.5. The fourth-order valence-corrected chi connectivity index (χ4v) is 2.99. The summed E-state index contributed by atoms with van der Waals surface area (Å²) in [7, 11) is 0. The third kappa shape index (κ3) is 5.28. The van der Waals surface area contributed by atoms with Crippen molar-refractivity contribution in [3.05, 3.63) is 35.9 Å². The summed E-state index contributed by atoms with van der Waals surface area (Å²) < 4.78 is 0. The van der Waals surface area contributed by atoms with E-state index in [2.05, 4.69) is 0 Å². The van der Waals surface area contributed by atoms with Crippen LogP contribution in [-0.2, 0) is 4.79 Å². The van der Waals surface area contributed by atoms with E-state index in [1.54, 1.807) is 12.1 Å². The van der Waals surface area contributed by atoms with Crippen LogP contribution in [0.2, 0.25) is 0 Å². The van der Waals surface area contributed by atoms with Gasteiger partial charge in [0.1, 0.15) is 0 Å². The molecule has 1 aromatic rings. The lowest BCUT2D eigenvalue weighted by Gasteiger charge is -2.21. The molecule has 2 rings (SSSR count). The highest BCUT2D eigenvalue weighted by Gasteiger charge is 2.21. The smallest absolute Gasteiger partial charge is 0.260 e. The third-order valence-electron chi connectivity index (χ3n) is 4.34. The molecular formula is C19H27NO2. The van der Waals surface area contributed by atoms with Crippen LogP contribution in [0.25, 0.3) is 0 Å². The normalized spacial score (nSPS) is 18.9. The molecule has 120 valence electrons. The molecule has 1 fully saturated rings. The van der Waals surface area contributed by atoms with Crippen LogP contribution < -0.4 is 0 Å². The minimum Gasteiger partial charge on any atom is -0.279 e. The van der Waals surface area contributed by atoms with Crippen molar-refractivity contribution in [1.82, 2.24) is 4.90 Å². The van der Waals surface area contributed by atoms with Crippen LogP contribution in [0.4, 0.5) is 0 Å². The topological polar surface area (TPSA) is 37.4 Å². The molecule has 1 aromatic carbocycles. The van der Waals surface area contributed by atoms with E-state index in [0.29, 0.717) is 18.5 Å². The standard InChI is InChI=1S/C19H27NO2/c21-18-15-11-6-4-2-1-3-5-7-12-16-20(18)19(22)17-13-9-8-10-14-17/h8-10,13-14H,1-7,11-12,15-16H2. The number of nitrogens with zero attached hydrogens (tertiary/aromatic N) is 1. The van der Waals surface area contributed by atoms with E-state index in [9.17, 15) is 9.59 Å². The molecule has 0 saturated carbocycles. The zero-order valence-electron chi connectivity index (χ0n) is 13.4. The van der Waals surface area contributed by atoms with Crippen LogP contribution in [0.3, 0.4) is 0 Å². The van der Waals surface area contributed by atoms with Gasteiger partial charge in [-0.15, -0.1) is 0 Å². The average molecular weight is 301 g/mol. The molecule has 0 atom stereocenters. The molecule has 22 heavy (non-hydrogen) atoms. The minimum absolute atomic E-state index is 0.00639. The maximum absolute atomic E-state index is 12.6. The predicted molar refractivity (Wildman–Crippen MR) is 88.7 cm³/mol. The number of benzene rings is 1. The Balaban J connectivity index is 2.02. The number of carbonyl (C=O) groups is 2. The molecule has 0 bridgehead atoms. The van der Waals surface area contributed by atoms with Crippen LogP contribution in [0.15, 0.2) is 30.3 Å². The lowest BCUT2D eigenvalue weighted by molar-refractivity contribution is -0.128. The predicted octanol–water partition coefficient (Wildman–Crippen LogP) is 4.57. The molecule has 1 saturated heterocycles. The van der Waals surface area contributed by atoms with Gasteiger partial charge in [-0.2, -0.15) is 0 Å². The van der Waals surface area contributed by atoms with Gasteiger partial charge in [-0.3, -0.25) is 14.5 Å². The SMILES string of the molecule is O=C1CCCCCCCCCCCN1C(=O)c1ccccc1. The Morgan fingerprint density at radius 2 is 1.32 bits per heavy atom. The lowest BCUT2D eigenvalue weighted by Crippen LogP contribution is -2.37. The molecule has 0 radical (unpaired) electrons. The largest absolute Gasteiger partial charge is 0.279 e. The number of rotatable bonds is 1. The molecule has 1 aliphatic heterocycles. The Labute approximate surface area is 133 Å². The van der Waals surface area contributed by atoms with Crippen LogP contribution in [-0.4, -0.2) is 23.3 Å². The van der Waals surface area contributed by atoms with Gasteiger partial charge in [-0.1, -0.05) is 63.1 Å². The molecule has 0 spiro atoms. The van der Waals surface area contributed by atoms with Gasteiger partial charge < -0.3 is 0 Å². The molecule has 0 aromatic heterocycles. The van der Waals surface area contributed by atoms with Crippen LogP contribution in [0, 0.1) is 0 Å². The maximum Gasteiger partial charge on any atom is 0.260 e. The summed E-state index contributed by atoms with van der Waals surface area (Å²) in [5.74, 6) is -0.145. The molecule has 0 unspecified atom stereocenters. The van der Waals surface area contributed by atoms with Gasteiger partial charge in [0.05, 0.1) is 0 Å². The Hall–Kier alpha value is -1.64. The van der Waals surface area contributed by atoms with Gasteiger partial charge in [0.25, 0.3) is 5.91 Å². The fraction of sp³-hybridized carbons (Fsp3) is 0.579. The Morgan fingerprint density at radius 1 is 0.773 bits per heavy atom. The van der Waals surface area contributed by atoms with Crippen molar-refractivity contribution in [3.8, 4) is 0 Å². The van der Waals surface area contributed by atoms with Gasteiger partial charge in [0.2, 0.25) is 5.91 Å². The number of imide groups is 1. The van der Waals surface area contributed by atoms with E-state index in [0.717, 1.165) is 25.7 Å². The highest BCUT2D eigenvalue weighted by molar-refractivity contribution is 6.04. The molecule has 3 nitrogen and oxygen atoms in total. The number of amides is 2. The minimum atomic E-state index is -0.138. The molecule has 0 aliphatic carbocycles. The van der Waals surface area contributed by atoms with E-state index >= 15 is 0 Å². The summed E-state index contributed by atoms with van der Waals surface area (Å²) in [5, 5.41) is 0. The second-order valence-corrected chi connectivity index (χ2v) is 6.15. The molecule has 1 heterocycles. The molecule has 2 amide bonds. The van der Waals surface area contributed by atoms with Crippen LogP contribution in [0.1, 0.15) is 74.6 Å². The van der Waals surface area contributed by atoms with Crippen LogP contribution in [0.5, 0.6) is 0 Å². The van der Waals surface area contributed by atoms with Crippen LogP contribution >= 0.6 is 0 Å². The summed E-state index contributed by atoms with van der Waals surface area (Å²) in [6.07, 6.45) is 10.8. The van der Waals surface area contributed by atoms with Crippen molar-refractivity contribution in [2.45, 2.75) is 64.2 Å². The third-order valence-corrected chi connectivity index (χ3v) is 4.34. The summed E-state index contributed by atoms with van der Waals surface area (Å²) in [6, 6.07) is 9.16. The molecule has 3 heteroatoms. The molecule has 0 N–H and O–H groups in total. The van der Waals surface area contributed by atoms with Crippen molar-refractivity contribution >= 4 is 11.8 Å². The zero-order chi connectivity index (χ0) is 15.6. The first-order valence-electron chi connectivity index (χ1n) is 8.69. The van der Waals surface area contributed by atoms with E-state index in [-0.39, 0.29) is 11.8 Å². The van der Waals surface area contributed by atoms with E-state index in [4.69, 9.17) is 0 Å². The fourth-order valence-electron chi connectivity index (χ4n) is 2.99. The highest BCUT2D eigenvalue weighted by atomic mass is 16.2. The van der Waals surface area contributed by atoms with E-state index in [1.165, 1.54) is 37.0 Å². The Bertz CT molecular complexity index is 470. The summed E-state index contributed by atoms with van der Waals surface area (Å²) >= 11 is 0. The monoisotopic (exact) mass is 301 g/mol. The van der Waals surface area contributed by atoms with Crippen molar-refractivity contribution in [1.29, 1.82) is 0 Å². The van der Waals surface area contributed by atoms with Gasteiger partial charge in [-0.05, 0) is 25.0 Å². The van der Waals surface area contributed by atoms with Crippen molar-refractivity contribution in [2.24, 2.45) is 0 Å². The maximum atomic E-state index is 12.6. The number of hydrogen-bond donors (Lipinski definition) is 0. The summed E-state index contributed by atoms with van der Waals surface area (Å²) in [6.45, 7) is 0.562. The second kappa shape index (κ2) is 9.39. The first kappa shape index (κ1) is 16.7. The van der Waals surface area contributed by atoms with Crippen molar-refractivity contribution in [3.63, 3.8) is 0 Å². The molecule has 1 aliphatic rings. The van der Waals surface area contributed by atoms with Crippen molar-refractivity contribution in [2.75, 3.05) is 6.54 Å². The van der Waals surface area contributed by atoms with Gasteiger partial charge in [0, 0.05) is 18.5 Å². The quantitative estimate of drug-likeness (QED) is 0.712. The van der Waals surface area contributed by atoms with E-state index < -0.39 is 0 Å². The molecular weight excluding hydrogens is 274 g/mol. The zero-order valence-corrected chi connectivity index (χ0v) is 13.4. The van der Waals surface area contributed by atoms with Gasteiger partial charge in [-0.25, -0.2) is 0 Å². The summed E-state index contributed by atoms with van der Waals surface area (Å²) in [5.41, 5.74) is 0.611. The average Bonchev–Trinajstić information content (AvgIpc) is 2.57. The Morgan fingerprint density at radius 3 is 1.95 bits per heavy atom. The van der Waals surface area contributed by atoms with Gasteiger partial charge >= 0.3 is 0 Å². The first-order chi connectivity index (χ1) is 10.8. The van der Waals surface area contributed by atoms with Crippen molar-refractivity contribution < 1.29 is 9.59 Å². The van der Waals surface area contributed by atoms with E-state index in [1.807, 2.05) is 18.2 Å². The first-order valence-corrected chi connectivity index (χ1v) is 8.69. The number of hydrogen-bond acceptors (Lipinski definition) is 2. The second-order valence-electron chi connectivity index (χ2n) is 6.15.